The van der Waals surface area contributed by atoms with Gasteiger partial charge >= 0.3 is 5.69 Å². The molecule has 0 radical (unpaired) electrons. The summed E-state index contributed by atoms with van der Waals surface area (Å²) in [6, 6.07) is 1.58. The maximum atomic E-state index is 12.3. The molecule has 0 N–H and O–H groups in total. The molecule has 2 aromatic rings. The van der Waals surface area contributed by atoms with Crippen LogP contribution < -0.4 is 11.2 Å². The lowest BCUT2D eigenvalue weighted by Crippen LogP contribution is -2.54. The first-order chi connectivity index (χ1) is 13.0. The molecule has 0 aromatic carbocycles. The Hall–Kier alpha value is -2.19. The number of ether oxygens (including phenoxy) is 1. The van der Waals surface area contributed by atoms with Crippen molar-refractivity contribution in [3.8, 4) is 0 Å². The second-order valence-corrected chi connectivity index (χ2v) is 7.52. The Morgan fingerprint density at radius 3 is 2.63 bits per heavy atom. The van der Waals surface area contributed by atoms with Crippen LogP contribution in [0.3, 0.4) is 0 Å². The van der Waals surface area contributed by atoms with Gasteiger partial charge in [0.2, 0.25) is 0 Å². The molecule has 0 amide bonds. The van der Waals surface area contributed by atoms with Gasteiger partial charge in [0.05, 0.1) is 17.6 Å². The molecule has 0 saturated carbocycles. The summed E-state index contributed by atoms with van der Waals surface area (Å²) in [6.07, 6.45) is 4.61. The van der Waals surface area contributed by atoms with Crippen LogP contribution in [-0.2, 0) is 43.9 Å². The fourth-order valence-corrected chi connectivity index (χ4v) is 4.55. The van der Waals surface area contributed by atoms with E-state index in [1.807, 2.05) is 6.33 Å². The molecule has 8 nitrogen and oxygen atoms in total. The van der Waals surface area contributed by atoms with Crippen LogP contribution >= 0.6 is 0 Å². The Bertz CT molecular complexity index is 965. The molecule has 4 heterocycles. The Kier molecular flexibility index (Phi) is 4.55. The van der Waals surface area contributed by atoms with Crippen molar-refractivity contribution in [1.29, 1.82) is 0 Å². The van der Waals surface area contributed by atoms with E-state index in [1.54, 1.807) is 17.7 Å². The highest BCUT2D eigenvalue weighted by Gasteiger charge is 2.46. The van der Waals surface area contributed by atoms with Crippen LogP contribution in [0.5, 0.6) is 0 Å². The number of imidazole rings is 1. The lowest BCUT2D eigenvalue weighted by molar-refractivity contribution is -0.0462. The van der Waals surface area contributed by atoms with E-state index >= 15 is 0 Å². The van der Waals surface area contributed by atoms with E-state index in [-0.39, 0.29) is 16.8 Å². The minimum atomic E-state index is -0.286. The average molecular weight is 373 g/mol. The molecule has 0 aliphatic carbocycles. The van der Waals surface area contributed by atoms with E-state index in [2.05, 4.69) is 16.4 Å². The summed E-state index contributed by atoms with van der Waals surface area (Å²) in [6.45, 7) is 5.88. The maximum absolute atomic E-state index is 12.3. The largest absolute Gasteiger partial charge is 0.381 e. The van der Waals surface area contributed by atoms with Crippen LogP contribution in [0, 0.1) is 0 Å². The van der Waals surface area contributed by atoms with Crippen molar-refractivity contribution in [1.82, 2.24) is 23.6 Å². The van der Waals surface area contributed by atoms with Gasteiger partial charge in [0.25, 0.3) is 5.56 Å². The average Bonchev–Trinajstić information content (AvgIpc) is 3.11. The van der Waals surface area contributed by atoms with Gasteiger partial charge in [-0.1, -0.05) is 0 Å². The number of hydrogen-bond donors (Lipinski definition) is 0. The number of rotatable bonds is 3. The highest BCUT2D eigenvalue weighted by molar-refractivity contribution is 5.28. The smallest absolute Gasteiger partial charge is 0.330 e. The van der Waals surface area contributed by atoms with Crippen LogP contribution in [0.25, 0.3) is 0 Å². The molecule has 1 spiro atoms. The van der Waals surface area contributed by atoms with Crippen molar-refractivity contribution in [3.63, 3.8) is 0 Å². The van der Waals surface area contributed by atoms with E-state index < -0.39 is 0 Å². The van der Waals surface area contributed by atoms with Gasteiger partial charge in [-0.3, -0.25) is 18.8 Å². The van der Waals surface area contributed by atoms with E-state index in [0.29, 0.717) is 19.8 Å². The number of hydrogen-bond acceptors (Lipinski definition) is 5. The van der Waals surface area contributed by atoms with E-state index in [0.717, 1.165) is 48.3 Å². The predicted molar refractivity (Wildman–Crippen MR) is 101 cm³/mol. The van der Waals surface area contributed by atoms with Crippen molar-refractivity contribution in [2.45, 2.75) is 44.8 Å². The van der Waals surface area contributed by atoms with Crippen LogP contribution in [0.2, 0.25) is 0 Å². The Morgan fingerprint density at radius 1 is 1.19 bits per heavy atom. The van der Waals surface area contributed by atoms with Gasteiger partial charge in [-0.25, -0.2) is 9.78 Å². The molecule has 1 fully saturated rings. The number of fused-ring (bicyclic) bond motifs is 2. The van der Waals surface area contributed by atoms with Gasteiger partial charge in [0, 0.05) is 70.8 Å². The van der Waals surface area contributed by atoms with Crippen LogP contribution in [0.4, 0.5) is 0 Å². The third kappa shape index (κ3) is 2.78. The topological polar surface area (TPSA) is 74.3 Å². The van der Waals surface area contributed by atoms with Crippen LogP contribution in [0.1, 0.15) is 36.8 Å². The molecule has 1 saturated heterocycles. The van der Waals surface area contributed by atoms with Crippen molar-refractivity contribution >= 4 is 0 Å². The zero-order valence-corrected chi connectivity index (χ0v) is 16.3. The Balaban J connectivity index is 1.77. The zero-order chi connectivity index (χ0) is 19.2. The van der Waals surface area contributed by atoms with Crippen molar-refractivity contribution in [2.24, 2.45) is 14.1 Å². The third-order valence-corrected chi connectivity index (χ3v) is 6.25. The summed E-state index contributed by atoms with van der Waals surface area (Å²) in [7, 11) is 3.24. The summed E-state index contributed by atoms with van der Waals surface area (Å²) >= 11 is 0. The minimum absolute atomic E-state index is 0.191. The molecule has 2 aliphatic rings. The first kappa shape index (κ1) is 18.2. The number of aromatic nitrogens is 4. The fraction of sp³-hybridized carbons (Fsp3) is 0.632. The molecular formula is C19H27N5O3. The second-order valence-electron chi connectivity index (χ2n) is 7.52. The maximum Gasteiger partial charge on any atom is 0.330 e. The molecule has 2 aromatic heterocycles. The summed E-state index contributed by atoms with van der Waals surface area (Å²) in [5.74, 6) is 0. The normalized spacial score (nSPS) is 19.4. The van der Waals surface area contributed by atoms with Crippen LogP contribution in [0.15, 0.2) is 22.0 Å². The lowest BCUT2D eigenvalue weighted by Gasteiger charge is -2.48. The summed E-state index contributed by atoms with van der Waals surface area (Å²) in [5.41, 5.74) is 2.46. The zero-order valence-electron chi connectivity index (χ0n) is 16.3. The van der Waals surface area contributed by atoms with Gasteiger partial charge in [0.1, 0.15) is 0 Å². The van der Waals surface area contributed by atoms with Crippen molar-refractivity contribution in [3.05, 3.63) is 50.3 Å². The summed E-state index contributed by atoms with van der Waals surface area (Å²) in [5, 5.41) is 0. The van der Waals surface area contributed by atoms with Gasteiger partial charge in [-0.05, 0) is 19.8 Å². The monoisotopic (exact) mass is 373 g/mol. The van der Waals surface area contributed by atoms with Gasteiger partial charge in [0.15, 0.2) is 0 Å². The SMILES string of the molecule is CCn1cnc2c1CCN(Cc1cc(=O)n(C)c(=O)n1C)C21CCOCC1. The summed E-state index contributed by atoms with van der Waals surface area (Å²) in [4.78, 5) is 31.7. The van der Waals surface area contributed by atoms with Crippen LogP contribution in [-0.4, -0.2) is 43.3 Å². The Morgan fingerprint density at radius 2 is 1.93 bits per heavy atom. The molecule has 0 atom stereocenters. The fourth-order valence-electron chi connectivity index (χ4n) is 4.55. The van der Waals surface area contributed by atoms with Gasteiger partial charge in [-0.2, -0.15) is 0 Å². The van der Waals surface area contributed by atoms with Crippen molar-refractivity contribution in [2.75, 3.05) is 19.8 Å². The standard InChI is InChI=1S/C19H27N5O3/c1-4-23-13-20-17-15(23)5-8-24(19(17)6-9-27-10-7-19)12-14-11-16(25)22(3)18(26)21(14)2/h11,13H,4-10,12H2,1-3H3. The molecule has 2 aliphatic heterocycles. The first-order valence-electron chi connectivity index (χ1n) is 9.61. The number of nitrogens with zero attached hydrogens (tertiary/aromatic N) is 5. The quantitative estimate of drug-likeness (QED) is 0.777. The molecule has 0 unspecified atom stereocenters. The Labute approximate surface area is 158 Å². The molecule has 8 heteroatoms. The van der Waals surface area contributed by atoms with E-state index in [1.165, 1.54) is 12.7 Å². The van der Waals surface area contributed by atoms with E-state index in [4.69, 9.17) is 9.72 Å². The minimum Gasteiger partial charge on any atom is -0.381 e. The van der Waals surface area contributed by atoms with Gasteiger partial charge in [-0.15, -0.1) is 0 Å². The molecule has 27 heavy (non-hydrogen) atoms. The highest BCUT2D eigenvalue weighted by atomic mass is 16.5. The molecule has 4 rings (SSSR count). The highest BCUT2D eigenvalue weighted by Crippen LogP contribution is 2.42. The third-order valence-electron chi connectivity index (χ3n) is 6.25. The number of aryl methyl sites for hydroxylation is 1. The van der Waals surface area contributed by atoms with E-state index in [9.17, 15) is 9.59 Å². The summed E-state index contributed by atoms with van der Waals surface area (Å²) < 4.78 is 10.6. The molecule has 146 valence electrons. The lowest BCUT2D eigenvalue weighted by atomic mass is 9.80. The first-order valence-corrected chi connectivity index (χ1v) is 9.61. The van der Waals surface area contributed by atoms with Gasteiger partial charge < -0.3 is 9.30 Å². The van der Waals surface area contributed by atoms with Crippen molar-refractivity contribution < 1.29 is 4.74 Å². The predicted octanol–water partition coefficient (Wildman–Crippen LogP) is 0.364. The molecular weight excluding hydrogens is 346 g/mol. The second kappa shape index (κ2) is 6.76. The molecule has 0 bridgehead atoms.